The van der Waals surface area contributed by atoms with Crippen molar-refractivity contribution in [3.8, 4) is 22.6 Å². The normalized spacial score (nSPS) is 10.8. The van der Waals surface area contributed by atoms with Gasteiger partial charge in [0, 0.05) is 5.56 Å². The summed E-state index contributed by atoms with van der Waals surface area (Å²) in [5, 5.41) is 5.88. The van der Waals surface area contributed by atoms with Crippen LogP contribution in [0.1, 0.15) is 15.9 Å². The fraction of sp³-hybridized carbons (Fsp3) is 0.0312. The van der Waals surface area contributed by atoms with E-state index in [2.05, 4.69) is 10.5 Å². The zero-order valence-corrected chi connectivity index (χ0v) is 20.4. The first kappa shape index (κ1) is 24.5. The van der Waals surface area contributed by atoms with Crippen LogP contribution in [0.3, 0.4) is 0 Å². The van der Waals surface area contributed by atoms with Crippen molar-refractivity contribution in [3.05, 3.63) is 132 Å². The fourth-order valence-corrected chi connectivity index (χ4v) is 3.95. The number of hydrazone groups is 1. The molecular weight excluding hydrogens is 476 g/mol. The second-order valence-electron chi connectivity index (χ2n) is 8.43. The minimum atomic E-state index is -0.480. The van der Waals surface area contributed by atoms with E-state index in [0.717, 1.165) is 21.9 Å². The Labute approximate surface area is 220 Å². The molecule has 6 heteroatoms. The molecular formula is C32H24N2O4. The van der Waals surface area contributed by atoms with Crippen molar-refractivity contribution in [2.75, 3.05) is 6.61 Å². The number of fused-ring (bicyclic) bond motifs is 1. The van der Waals surface area contributed by atoms with Gasteiger partial charge in [-0.05, 0) is 52.2 Å². The van der Waals surface area contributed by atoms with Crippen molar-refractivity contribution >= 4 is 28.9 Å². The Morgan fingerprint density at radius 3 is 2.13 bits per heavy atom. The predicted octanol–water partition coefficient (Wildman–Crippen LogP) is 6.26. The first-order chi connectivity index (χ1) is 18.7. The molecule has 1 N–H and O–H groups in total. The highest BCUT2D eigenvalue weighted by Crippen LogP contribution is 2.27. The standard InChI is InChI=1S/C32H24N2O4/c35-31(22-37-27-18-15-24(16-19-27)23-9-3-1-4-10-23)34-33-21-29-28-14-8-7-11-25(28)17-20-30(29)38-32(36)26-12-5-2-6-13-26/h1-21H,22H2,(H,34,35)/b33-21+. The lowest BCUT2D eigenvalue weighted by atomic mass is 10.0. The van der Waals surface area contributed by atoms with Crippen molar-refractivity contribution in [1.82, 2.24) is 5.43 Å². The lowest BCUT2D eigenvalue weighted by Crippen LogP contribution is -2.24. The Morgan fingerprint density at radius 1 is 0.711 bits per heavy atom. The number of benzene rings is 5. The lowest BCUT2D eigenvalue weighted by molar-refractivity contribution is -0.123. The van der Waals surface area contributed by atoms with Crippen LogP contribution in [-0.4, -0.2) is 24.7 Å². The molecule has 0 bridgehead atoms. The van der Waals surface area contributed by atoms with Gasteiger partial charge in [0.1, 0.15) is 11.5 Å². The van der Waals surface area contributed by atoms with Crippen molar-refractivity contribution in [3.63, 3.8) is 0 Å². The van der Waals surface area contributed by atoms with Gasteiger partial charge in [0.2, 0.25) is 0 Å². The molecule has 0 aliphatic rings. The van der Waals surface area contributed by atoms with E-state index in [-0.39, 0.29) is 6.61 Å². The van der Waals surface area contributed by atoms with Gasteiger partial charge >= 0.3 is 5.97 Å². The zero-order valence-electron chi connectivity index (χ0n) is 20.4. The number of hydrogen-bond acceptors (Lipinski definition) is 5. The summed E-state index contributed by atoms with van der Waals surface area (Å²) >= 11 is 0. The van der Waals surface area contributed by atoms with Crippen LogP contribution in [0.25, 0.3) is 21.9 Å². The molecule has 0 radical (unpaired) electrons. The van der Waals surface area contributed by atoms with Crippen LogP contribution in [-0.2, 0) is 4.79 Å². The Kier molecular flexibility index (Phi) is 7.51. The molecule has 0 spiro atoms. The van der Waals surface area contributed by atoms with Gasteiger partial charge in [-0.1, -0.05) is 91.0 Å². The molecule has 38 heavy (non-hydrogen) atoms. The maximum Gasteiger partial charge on any atom is 0.343 e. The molecule has 0 aliphatic carbocycles. The summed E-state index contributed by atoms with van der Waals surface area (Å²) in [6.07, 6.45) is 1.47. The molecule has 0 fully saturated rings. The number of carbonyl (C=O) groups is 2. The summed E-state index contributed by atoms with van der Waals surface area (Å²) in [5.41, 5.74) is 5.66. The van der Waals surface area contributed by atoms with E-state index >= 15 is 0 Å². The van der Waals surface area contributed by atoms with Gasteiger partial charge < -0.3 is 9.47 Å². The molecule has 0 saturated heterocycles. The molecule has 0 aromatic heterocycles. The number of rotatable bonds is 8. The van der Waals surface area contributed by atoms with Gasteiger partial charge in [0.25, 0.3) is 5.91 Å². The Bertz CT molecular complexity index is 1580. The highest BCUT2D eigenvalue weighted by Gasteiger charge is 2.13. The fourth-order valence-electron chi connectivity index (χ4n) is 3.95. The summed E-state index contributed by atoms with van der Waals surface area (Å²) in [6.45, 7) is -0.201. The molecule has 0 unspecified atom stereocenters. The second-order valence-corrected chi connectivity index (χ2v) is 8.43. The Hall–Kier alpha value is -5.23. The van der Waals surface area contributed by atoms with Gasteiger partial charge in [0.05, 0.1) is 11.8 Å². The number of nitrogens with zero attached hydrogens (tertiary/aromatic N) is 1. The molecule has 186 valence electrons. The number of nitrogens with one attached hydrogen (secondary N) is 1. The monoisotopic (exact) mass is 500 g/mol. The Balaban J connectivity index is 1.25. The molecule has 1 amide bonds. The highest BCUT2D eigenvalue weighted by molar-refractivity contribution is 6.04. The quantitative estimate of drug-likeness (QED) is 0.118. The van der Waals surface area contributed by atoms with Gasteiger partial charge in [-0.25, -0.2) is 10.2 Å². The molecule has 5 rings (SSSR count). The zero-order chi connectivity index (χ0) is 26.2. The van der Waals surface area contributed by atoms with Gasteiger partial charge in [-0.15, -0.1) is 0 Å². The van der Waals surface area contributed by atoms with Crippen LogP contribution in [0.2, 0.25) is 0 Å². The molecule has 0 heterocycles. The number of ether oxygens (including phenoxy) is 2. The average molecular weight is 501 g/mol. The third kappa shape index (κ3) is 5.94. The van der Waals surface area contributed by atoms with Crippen molar-refractivity contribution < 1.29 is 19.1 Å². The molecule has 6 nitrogen and oxygen atoms in total. The summed E-state index contributed by atoms with van der Waals surface area (Å²) < 4.78 is 11.3. The van der Waals surface area contributed by atoms with E-state index in [0.29, 0.717) is 22.6 Å². The van der Waals surface area contributed by atoms with E-state index in [9.17, 15) is 9.59 Å². The summed E-state index contributed by atoms with van der Waals surface area (Å²) in [5.74, 6) is 0.0148. The largest absolute Gasteiger partial charge is 0.484 e. The van der Waals surface area contributed by atoms with Crippen LogP contribution >= 0.6 is 0 Å². The van der Waals surface area contributed by atoms with E-state index in [1.54, 1.807) is 30.3 Å². The van der Waals surface area contributed by atoms with E-state index in [1.165, 1.54) is 6.21 Å². The SMILES string of the molecule is O=C(COc1ccc(-c2ccccc2)cc1)N/N=C/c1c(OC(=O)c2ccccc2)ccc2ccccc12. The molecule has 0 saturated carbocycles. The highest BCUT2D eigenvalue weighted by atomic mass is 16.5. The van der Waals surface area contributed by atoms with Gasteiger partial charge in [-0.2, -0.15) is 5.10 Å². The van der Waals surface area contributed by atoms with Crippen LogP contribution < -0.4 is 14.9 Å². The van der Waals surface area contributed by atoms with Gasteiger partial charge in [-0.3, -0.25) is 4.79 Å². The van der Waals surface area contributed by atoms with Crippen LogP contribution in [0, 0.1) is 0 Å². The topological polar surface area (TPSA) is 77.0 Å². The first-order valence-corrected chi connectivity index (χ1v) is 12.1. The first-order valence-electron chi connectivity index (χ1n) is 12.1. The maximum absolute atomic E-state index is 12.7. The molecule has 5 aromatic rings. The van der Waals surface area contributed by atoms with Crippen LogP contribution in [0.15, 0.2) is 126 Å². The molecule has 0 aliphatic heterocycles. The second kappa shape index (κ2) is 11.7. The maximum atomic E-state index is 12.7. The smallest absolute Gasteiger partial charge is 0.343 e. The summed E-state index contributed by atoms with van der Waals surface area (Å²) in [6, 6.07) is 37.5. The minimum Gasteiger partial charge on any atom is -0.484 e. The molecule has 0 atom stereocenters. The predicted molar refractivity (Wildman–Crippen MR) is 148 cm³/mol. The van der Waals surface area contributed by atoms with Crippen LogP contribution in [0.4, 0.5) is 0 Å². The van der Waals surface area contributed by atoms with E-state index < -0.39 is 11.9 Å². The van der Waals surface area contributed by atoms with E-state index in [4.69, 9.17) is 9.47 Å². The summed E-state index contributed by atoms with van der Waals surface area (Å²) in [4.78, 5) is 25.0. The van der Waals surface area contributed by atoms with E-state index in [1.807, 2.05) is 91.0 Å². The minimum absolute atomic E-state index is 0.201. The summed E-state index contributed by atoms with van der Waals surface area (Å²) in [7, 11) is 0. The Morgan fingerprint density at radius 2 is 1.37 bits per heavy atom. The number of esters is 1. The third-order valence-corrected chi connectivity index (χ3v) is 5.86. The van der Waals surface area contributed by atoms with Gasteiger partial charge in [0.15, 0.2) is 6.61 Å². The average Bonchev–Trinajstić information content (AvgIpc) is 2.98. The number of hydrogen-bond donors (Lipinski definition) is 1. The van der Waals surface area contributed by atoms with Crippen LogP contribution in [0.5, 0.6) is 11.5 Å². The van der Waals surface area contributed by atoms with Crippen molar-refractivity contribution in [2.24, 2.45) is 5.10 Å². The van der Waals surface area contributed by atoms with Crippen molar-refractivity contribution in [1.29, 1.82) is 0 Å². The number of amides is 1. The van der Waals surface area contributed by atoms with Crippen molar-refractivity contribution in [2.45, 2.75) is 0 Å². The third-order valence-electron chi connectivity index (χ3n) is 5.86. The lowest BCUT2D eigenvalue weighted by Gasteiger charge is -2.10. The molecule has 5 aromatic carbocycles. The number of carbonyl (C=O) groups excluding carboxylic acids is 2.